The summed E-state index contributed by atoms with van der Waals surface area (Å²) in [6, 6.07) is 18.3. The number of hydrogen-bond donors (Lipinski definition) is 1. The summed E-state index contributed by atoms with van der Waals surface area (Å²) in [5, 5.41) is 5.16. The number of methoxy groups -OCH3 is 1. The van der Waals surface area contributed by atoms with E-state index in [1.165, 1.54) is 7.11 Å². The molecule has 1 heterocycles. The second-order valence-corrected chi connectivity index (χ2v) is 9.76. The third-order valence-electron chi connectivity index (χ3n) is 7.37. The SMILES string of the molecule is COC(=O)c1cccc2c(C3(NC(=O)c4cc(N5CC(N(C)C)C5)ccc4C)CC3)cccc12. The topological polar surface area (TPSA) is 61.9 Å². The van der Waals surface area contributed by atoms with E-state index in [1.807, 2.05) is 43.3 Å². The maximum Gasteiger partial charge on any atom is 0.338 e. The number of fused-ring (bicyclic) bond motifs is 1. The fourth-order valence-electron chi connectivity index (χ4n) is 4.93. The van der Waals surface area contributed by atoms with Gasteiger partial charge in [-0.1, -0.05) is 36.4 Å². The molecular formula is C28H31N3O3. The Morgan fingerprint density at radius 3 is 2.38 bits per heavy atom. The predicted molar refractivity (Wildman–Crippen MR) is 135 cm³/mol. The lowest BCUT2D eigenvalue weighted by atomic mass is 9.94. The first-order valence-electron chi connectivity index (χ1n) is 11.8. The molecule has 1 amide bonds. The van der Waals surface area contributed by atoms with Gasteiger partial charge in [0.25, 0.3) is 5.91 Å². The Hall–Kier alpha value is -3.38. The number of carbonyl (C=O) groups excluding carboxylic acids is 2. The Morgan fingerprint density at radius 1 is 1.00 bits per heavy atom. The molecule has 2 aliphatic rings. The number of benzene rings is 3. The van der Waals surface area contributed by atoms with Crippen molar-refractivity contribution in [2.75, 3.05) is 39.2 Å². The molecule has 0 aromatic heterocycles. The van der Waals surface area contributed by atoms with Gasteiger partial charge in [0, 0.05) is 30.4 Å². The van der Waals surface area contributed by atoms with Gasteiger partial charge in [-0.15, -0.1) is 0 Å². The third kappa shape index (κ3) is 3.82. The molecular weight excluding hydrogens is 426 g/mol. The van der Waals surface area contributed by atoms with Gasteiger partial charge in [0.15, 0.2) is 0 Å². The van der Waals surface area contributed by atoms with E-state index in [0.29, 0.717) is 17.2 Å². The predicted octanol–water partition coefficient (Wildman–Crippen LogP) is 4.10. The summed E-state index contributed by atoms with van der Waals surface area (Å²) in [7, 11) is 5.60. The van der Waals surface area contributed by atoms with Crippen LogP contribution in [0, 0.1) is 6.92 Å². The average molecular weight is 458 g/mol. The molecule has 0 bridgehead atoms. The molecule has 0 atom stereocenters. The number of nitrogens with zero attached hydrogens (tertiary/aromatic N) is 2. The minimum Gasteiger partial charge on any atom is -0.465 e. The van der Waals surface area contributed by atoms with Crippen molar-refractivity contribution >= 4 is 28.3 Å². The second-order valence-electron chi connectivity index (χ2n) is 9.76. The van der Waals surface area contributed by atoms with Crippen LogP contribution in [0.1, 0.15) is 44.7 Å². The largest absolute Gasteiger partial charge is 0.465 e. The molecule has 2 fully saturated rings. The molecule has 1 aliphatic heterocycles. The number of anilines is 1. The lowest BCUT2D eigenvalue weighted by Gasteiger charge is -2.44. The van der Waals surface area contributed by atoms with Crippen LogP contribution in [0.2, 0.25) is 0 Å². The van der Waals surface area contributed by atoms with Crippen LogP contribution in [-0.4, -0.2) is 57.1 Å². The summed E-state index contributed by atoms with van der Waals surface area (Å²) in [4.78, 5) is 30.3. The highest BCUT2D eigenvalue weighted by atomic mass is 16.5. The van der Waals surface area contributed by atoms with Crippen LogP contribution in [0.3, 0.4) is 0 Å². The van der Waals surface area contributed by atoms with Crippen molar-refractivity contribution < 1.29 is 14.3 Å². The zero-order valence-electron chi connectivity index (χ0n) is 20.2. The van der Waals surface area contributed by atoms with Gasteiger partial charge in [-0.25, -0.2) is 4.79 Å². The Balaban J connectivity index is 1.43. The number of carbonyl (C=O) groups is 2. The van der Waals surface area contributed by atoms with Crippen molar-refractivity contribution in [3.8, 4) is 0 Å². The molecule has 0 spiro atoms. The van der Waals surface area contributed by atoms with Crippen molar-refractivity contribution in [2.45, 2.75) is 31.3 Å². The van der Waals surface area contributed by atoms with Gasteiger partial charge in [-0.05, 0) is 74.0 Å². The van der Waals surface area contributed by atoms with Crippen molar-refractivity contribution in [1.82, 2.24) is 10.2 Å². The van der Waals surface area contributed by atoms with E-state index < -0.39 is 5.54 Å². The molecule has 0 unspecified atom stereocenters. The van der Waals surface area contributed by atoms with Gasteiger partial charge in [-0.3, -0.25) is 4.79 Å². The Kier molecular flexibility index (Phi) is 5.56. The normalized spacial score (nSPS) is 16.9. The number of hydrogen-bond acceptors (Lipinski definition) is 5. The molecule has 176 valence electrons. The summed E-state index contributed by atoms with van der Waals surface area (Å²) in [6.45, 7) is 3.93. The van der Waals surface area contributed by atoms with Gasteiger partial charge in [0.2, 0.25) is 0 Å². The van der Waals surface area contributed by atoms with Crippen molar-refractivity contribution in [2.24, 2.45) is 0 Å². The first-order chi connectivity index (χ1) is 16.3. The minimum absolute atomic E-state index is 0.0531. The van der Waals surface area contributed by atoms with Crippen LogP contribution in [0.25, 0.3) is 10.8 Å². The van der Waals surface area contributed by atoms with Crippen LogP contribution < -0.4 is 10.2 Å². The summed E-state index contributed by atoms with van der Waals surface area (Å²) < 4.78 is 4.97. The zero-order chi connectivity index (χ0) is 24.0. The molecule has 1 N–H and O–H groups in total. The number of amides is 1. The maximum absolute atomic E-state index is 13.5. The molecule has 1 saturated heterocycles. The molecule has 34 heavy (non-hydrogen) atoms. The minimum atomic E-state index is -0.416. The smallest absolute Gasteiger partial charge is 0.338 e. The fraction of sp³-hybridized carbons (Fsp3) is 0.357. The first-order valence-corrected chi connectivity index (χ1v) is 11.8. The third-order valence-corrected chi connectivity index (χ3v) is 7.37. The Bertz CT molecular complexity index is 1270. The lowest BCUT2D eigenvalue weighted by Crippen LogP contribution is -2.57. The van der Waals surface area contributed by atoms with Crippen LogP contribution in [0.15, 0.2) is 54.6 Å². The van der Waals surface area contributed by atoms with Crippen LogP contribution in [0.4, 0.5) is 5.69 Å². The number of aryl methyl sites for hydroxylation is 1. The summed E-state index contributed by atoms with van der Waals surface area (Å²) in [6.07, 6.45) is 1.74. The average Bonchev–Trinajstić information content (AvgIpc) is 3.57. The highest BCUT2D eigenvalue weighted by molar-refractivity contribution is 6.06. The molecule has 6 heteroatoms. The Morgan fingerprint density at radius 2 is 1.71 bits per heavy atom. The molecule has 3 aromatic rings. The van der Waals surface area contributed by atoms with E-state index in [0.717, 1.165) is 53.5 Å². The maximum atomic E-state index is 13.5. The molecule has 3 aromatic carbocycles. The van der Waals surface area contributed by atoms with Crippen molar-refractivity contribution in [3.05, 3.63) is 76.9 Å². The number of rotatable bonds is 6. The van der Waals surface area contributed by atoms with E-state index in [4.69, 9.17) is 4.74 Å². The van der Waals surface area contributed by atoms with E-state index in [1.54, 1.807) is 6.07 Å². The van der Waals surface area contributed by atoms with Crippen LogP contribution in [-0.2, 0) is 10.3 Å². The summed E-state index contributed by atoms with van der Waals surface area (Å²) >= 11 is 0. The van der Waals surface area contributed by atoms with Crippen molar-refractivity contribution in [1.29, 1.82) is 0 Å². The molecule has 1 aliphatic carbocycles. The molecule has 0 radical (unpaired) electrons. The number of likely N-dealkylation sites (N-methyl/N-ethyl adjacent to an activating group) is 1. The van der Waals surface area contributed by atoms with Gasteiger partial charge < -0.3 is 19.9 Å². The van der Waals surface area contributed by atoms with E-state index in [2.05, 4.69) is 41.3 Å². The summed E-state index contributed by atoms with van der Waals surface area (Å²) in [5.41, 5.74) is 3.94. The monoisotopic (exact) mass is 457 g/mol. The quantitative estimate of drug-likeness (QED) is 0.565. The second kappa shape index (κ2) is 8.44. The molecule has 1 saturated carbocycles. The van der Waals surface area contributed by atoms with Gasteiger partial charge >= 0.3 is 5.97 Å². The lowest BCUT2D eigenvalue weighted by molar-refractivity contribution is 0.0602. The van der Waals surface area contributed by atoms with E-state index >= 15 is 0 Å². The highest BCUT2D eigenvalue weighted by Crippen LogP contribution is 2.48. The standard InChI is InChI=1S/C28H31N3O3/c1-18-11-12-19(31-16-20(17-31)30(2)3)15-24(18)26(32)29-28(13-14-28)25-10-6-7-21-22(25)8-5-9-23(21)27(33)34-4/h5-12,15,20H,13-14,16-17H2,1-4H3,(H,29,32). The highest BCUT2D eigenvalue weighted by Gasteiger charge is 2.47. The van der Waals surface area contributed by atoms with Gasteiger partial charge in [-0.2, -0.15) is 0 Å². The van der Waals surface area contributed by atoms with Gasteiger partial charge in [0.05, 0.1) is 18.2 Å². The molecule has 5 rings (SSSR count). The molecule has 6 nitrogen and oxygen atoms in total. The summed E-state index contributed by atoms with van der Waals surface area (Å²) in [5.74, 6) is -0.408. The number of ether oxygens (including phenoxy) is 1. The van der Waals surface area contributed by atoms with Crippen LogP contribution in [0.5, 0.6) is 0 Å². The van der Waals surface area contributed by atoms with Crippen LogP contribution >= 0.6 is 0 Å². The number of nitrogens with one attached hydrogen (secondary N) is 1. The van der Waals surface area contributed by atoms with E-state index in [-0.39, 0.29) is 11.9 Å². The van der Waals surface area contributed by atoms with Crippen molar-refractivity contribution in [3.63, 3.8) is 0 Å². The fourth-order valence-corrected chi connectivity index (χ4v) is 4.93. The van der Waals surface area contributed by atoms with Gasteiger partial charge in [0.1, 0.15) is 0 Å². The first kappa shape index (κ1) is 22.4. The van der Waals surface area contributed by atoms with E-state index in [9.17, 15) is 9.59 Å². The Labute approximate surface area is 200 Å². The number of esters is 1. The zero-order valence-corrected chi connectivity index (χ0v) is 20.2.